The largest absolute Gasteiger partial charge is 0.419 e. The summed E-state index contributed by atoms with van der Waals surface area (Å²) in [4.78, 5) is 12.0. The molecule has 0 spiro atoms. The van der Waals surface area contributed by atoms with E-state index in [9.17, 15) is 22.4 Å². The minimum absolute atomic E-state index is 0.0660. The molecule has 5 nitrogen and oxygen atoms in total. The summed E-state index contributed by atoms with van der Waals surface area (Å²) in [5.41, 5.74) is -0.259. The van der Waals surface area contributed by atoms with Crippen LogP contribution in [0.15, 0.2) is 52.9 Å². The first-order chi connectivity index (χ1) is 12.3. The van der Waals surface area contributed by atoms with Gasteiger partial charge in [-0.25, -0.2) is 4.39 Å². The Morgan fingerprint density at radius 1 is 1.00 bits per heavy atom. The highest BCUT2D eigenvalue weighted by molar-refractivity contribution is 5.94. The molecule has 1 heterocycles. The van der Waals surface area contributed by atoms with E-state index in [1.54, 1.807) is 0 Å². The Kier molecular flexibility index (Phi) is 4.70. The van der Waals surface area contributed by atoms with Crippen LogP contribution in [-0.2, 0) is 12.7 Å². The van der Waals surface area contributed by atoms with Crippen molar-refractivity contribution < 1.29 is 26.8 Å². The van der Waals surface area contributed by atoms with Gasteiger partial charge >= 0.3 is 6.18 Å². The molecule has 3 rings (SSSR count). The minimum atomic E-state index is -4.46. The highest BCUT2D eigenvalue weighted by Gasteiger charge is 2.30. The lowest BCUT2D eigenvalue weighted by molar-refractivity contribution is -0.137. The third-order valence-corrected chi connectivity index (χ3v) is 3.43. The fraction of sp³-hybridized carbons (Fsp3) is 0.118. The van der Waals surface area contributed by atoms with E-state index >= 15 is 0 Å². The minimum Gasteiger partial charge on any atom is -0.419 e. The number of carbonyl (C=O) groups excluding carboxylic acids is 1. The lowest BCUT2D eigenvalue weighted by atomic mass is 10.1. The summed E-state index contributed by atoms with van der Waals surface area (Å²) in [5, 5.41) is 10.0. The van der Waals surface area contributed by atoms with Gasteiger partial charge in [-0.05, 0) is 48.5 Å². The Labute approximate surface area is 144 Å². The number of amides is 1. The molecule has 0 fully saturated rings. The van der Waals surface area contributed by atoms with E-state index < -0.39 is 23.5 Å². The monoisotopic (exact) mass is 365 g/mol. The molecule has 0 saturated carbocycles. The molecule has 0 atom stereocenters. The summed E-state index contributed by atoms with van der Waals surface area (Å²) in [7, 11) is 0. The molecule has 1 N–H and O–H groups in total. The molecule has 2 aromatic carbocycles. The molecule has 0 aliphatic carbocycles. The Morgan fingerprint density at radius 3 is 2.27 bits per heavy atom. The van der Waals surface area contributed by atoms with Gasteiger partial charge in [0.05, 0.1) is 12.1 Å². The second-order valence-electron chi connectivity index (χ2n) is 5.27. The second-order valence-corrected chi connectivity index (χ2v) is 5.27. The summed E-state index contributed by atoms with van der Waals surface area (Å²) in [6.45, 7) is -0.103. The van der Waals surface area contributed by atoms with Crippen LogP contribution in [0.4, 0.5) is 17.6 Å². The zero-order valence-electron chi connectivity index (χ0n) is 13.0. The van der Waals surface area contributed by atoms with Crippen LogP contribution in [0.25, 0.3) is 11.5 Å². The summed E-state index contributed by atoms with van der Waals surface area (Å²) in [6.07, 6.45) is -4.46. The van der Waals surface area contributed by atoms with Crippen LogP contribution in [0.2, 0.25) is 0 Å². The smallest absolute Gasteiger partial charge is 0.416 e. The topological polar surface area (TPSA) is 68.0 Å². The van der Waals surface area contributed by atoms with Crippen molar-refractivity contribution in [1.82, 2.24) is 15.5 Å². The molecule has 0 saturated heterocycles. The summed E-state index contributed by atoms with van der Waals surface area (Å²) >= 11 is 0. The molecule has 0 radical (unpaired) electrons. The van der Waals surface area contributed by atoms with Gasteiger partial charge in [-0.1, -0.05) is 0 Å². The third-order valence-electron chi connectivity index (χ3n) is 3.43. The predicted molar refractivity (Wildman–Crippen MR) is 82.3 cm³/mol. The van der Waals surface area contributed by atoms with Crippen molar-refractivity contribution in [1.29, 1.82) is 0 Å². The highest BCUT2D eigenvalue weighted by atomic mass is 19.4. The molecule has 9 heteroatoms. The van der Waals surface area contributed by atoms with Gasteiger partial charge < -0.3 is 9.73 Å². The first-order valence-electron chi connectivity index (χ1n) is 7.37. The summed E-state index contributed by atoms with van der Waals surface area (Å²) in [5.74, 6) is -0.731. The number of benzene rings is 2. The maximum Gasteiger partial charge on any atom is 0.416 e. The lowest BCUT2D eigenvalue weighted by Gasteiger charge is -2.07. The van der Waals surface area contributed by atoms with Crippen LogP contribution in [0.5, 0.6) is 0 Å². The van der Waals surface area contributed by atoms with Crippen LogP contribution in [-0.4, -0.2) is 16.1 Å². The summed E-state index contributed by atoms with van der Waals surface area (Å²) < 4.78 is 55.8. The number of hydrogen-bond acceptors (Lipinski definition) is 4. The van der Waals surface area contributed by atoms with E-state index in [1.165, 1.54) is 24.3 Å². The van der Waals surface area contributed by atoms with Gasteiger partial charge in [0.1, 0.15) is 5.82 Å². The van der Waals surface area contributed by atoms with Crippen LogP contribution < -0.4 is 5.32 Å². The first kappa shape index (κ1) is 17.6. The Hall–Kier alpha value is -3.23. The quantitative estimate of drug-likeness (QED) is 0.714. The van der Waals surface area contributed by atoms with Crippen LogP contribution in [0.3, 0.4) is 0 Å². The highest BCUT2D eigenvalue weighted by Crippen LogP contribution is 2.29. The van der Waals surface area contributed by atoms with Crippen molar-refractivity contribution in [3.05, 3.63) is 71.4 Å². The number of hydrogen-bond donors (Lipinski definition) is 1. The van der Waals surface area contributed by atoms with E-state index in [0.717, 1.165) is 24.3 Å². The number of carbonyl (C=O) groups is 1. The third kappa shape index (κ3) is 4.05. The van der Waals surface area contributed by atoms with Gasteiger partial charge in [0.15, 0.2) is 0 Å². The van der Waals surface area contributed by atoms with E-state index in [-0.39, 0.29) is 23.9 Å². The van der Waals surface area contributed by atoms with Crippen molar-refractivity contribution in [2.75, 3.05) is 0 Å². The summed E-state index contributed by atoms with van der Waals surface area (Å²) in [6, 6.07) is 9.23. The van der Waals surface area contributed by atoms with Gasteiger partial charge in [-0.15, -0.1) is 10.2 Å². The van der Waals surface area contributed by atoms with Crippen molar-refractivity contribution in [3.8, 4) is 11.5 Å². The SMILES string of the molecule is O=C(NCc1nnc(-c2ccc(F)cc2)o1)c1ccc(C(F)(F)F)cc1. The molecule has 26 heavy (non-hydrogen) atoms. The number of aromatic nitrogens is 2. The molecule has 0 bridgehead atoms. The fourth-order valence-electron chi connectivity index (χ4n) is 2.10. The molecule has 0 aliphatic heterocycles. The lowest BCUT2D eigenvalue weighted by Crippen LogP contribution is -2.23. The average molecular weight is 365 g/mol. The van der Waals surface area contributed by atoms with Gasteiger partial charge in [0.25, 0.3) is 5.91 Å². The fourth-order valence-corrected chi connectivity index (χ4v) is 2.10. The molecule has 134 valence electrons. The van der Waals surface area contributed by atoms with E-state index in [2.05, 4.69) is 15.5 Å². The zero-order valence-corrected chi connectivity index (χ0v) is 13.0. The van der Waals surface area contributed by atoms with Crippen molar-refractivity contribution >= 4 is 5.91 Å². The van der Waals surface area contributed by atoms with Crippen LogP contribution in [0.1, 0.15) is 21.8 Å². The Morgan fingerprint density at radius 2 is 1.65 bits per heavy atom. The van der Waals surface area contributed by atoms with Gasteiger partial charge in [0, 0.05) is 11.1 Å². The molecule has 3 aromatic rings. The molecule has 1 amide bonds. The zero-order chi connectivity index (χ0) is 18.7. The maximum absolute atomic E-state index is 12.9. The van der Waals surface area contributed by atoms with E-state index in [0.29, 0.717) is 5.56 Å². The second kappa shape index (κ2) is 6.95. The van der Waals surface area contributed by atoms with Crippen molar-refractivity contribution in [2.45, 2.75) is 12.7 Å². The Bertz CT molecular complexity index is 903. The number of halogens is 4. The van der Waals surface area contributed by atoms with Gasteiger partial charge in [-0.3, -0.25) is 4.79 Å². The van der Waals surface area contributed by atoms with Crippen LogP contribution in [0, 0.1) is 5.82 Å². The number of nitrogens with one attached hydrogen (secondary N) is 1. The molecule has 0 unspecified atom stereocenters. The standard InChI is InChI=1S/C17H11F4N3O2/c18-13-7-3-11(4-8-13)16-24-23-14(26-16)9-22-15(25)10-1-5-12(6-2-10)17(19,20)21/h1-8H,9H2,(H,22,25). The number of nitrogens with zero attached hydrogens (tertiary/aromatic N) is 2. The van der Waals surface area contributed by atoms with Gasteiger partial charge in [-0.2, -0.15) is 13.2 Å². The predicted octanol–water partition coefficient (Wildman–Crippen LogP) is 3.82. The first-order valence-corrected chi connectivity index (χ1v) is 7.37. The molecule has 1 aromatic heterocycles. The normalized spacial score (nSPS) is 11.4. The number of alkyl halides is 3. The molecular weight excluding hydrogens is 354 g/mol. The van der Waals surface area contributed by atoms with E-state index in [4.69, 9.17) is 4.42 Å². The Balaban J connectivity index is 1.62. The molecular formula is C17H11F4N3O2. The van der Waals surface area contributed by atoms with Crippen LogP contribution >= 0.6 is 0 Å². The van der Waals surface area contributed by atoms with Gasteiger partial charge in [0.2, 0.25) is 11.8 Å². The maximum atomic E-state index is 12.9. The van der Waals surface area contributed by atoms with Crippen molar-refractivity contribution in [3.63, 3.8) is 0 Å². The average Bonchev–Trinajstić information content (AvgIpc) is 3.08. The number of rotatable bonds is 4. The van der Waals surface area contributed by atoms with Crippen molar-refractivity contribution in [2.24, 2.45) is 0 Å². The molecule has 0 aliphatic rings. The van der Waals surface area contributed by atoms with E-state index in [1.807, 2.05) is 0 Å².